The van der Waals surface area contributed by atoms with Crippen LogP contribution < -0.4 is 5.32 Å². The average molecular weight is 513 g/mol. The summed E-state index contributed by atoms with van der Waals surface area (Å²) in [6.45, 7) is 7.52. The third kappa shape index (κ3) is 4.93. The van der Waals surface area contributed by atoms with E-state index in [0.717, 1.165) is 50.3 Å². The quantitative estimate of drug-likeness (QED) is 0.288. The molecule has 152 valence electrons. The van der Waals surface area contributed by atoms with E-state index in [-0.39, 0.29) is 24.0 Å². The Hall–Kier alpha value is -1.46. The number of hydrogen-bond acceptors (Lipinski definition) is 5. The normalized spacial score (nSPS) is 20.0. The molecule has 2 aliphatic heterocycles. The van der Waals surface area contributed by atoms with Crippen molar-refractivity contribution in [2.75, 3.05) is 26.2 Å². The van der Waals surface area contributed by atoms with Crippen molar-refractivity contribution >= 4 is 41.3 Å². The zero-order chi connectivity index (χ0) is 18.6. The van der Waals surface area contributed by atoms with Crippen LogP contribution in [0.3, 0.4) is 0 Å². The highest BCUT2D eigenvalue weighted by Gasteiger charge is 2.29. The van der Waals surface area contributed by atoms with Gasteiger partial charge in [-0.2, -0.15) is 0 Å². The van der Waals surface area contributed by atoms with Crippen molar-refractivity contribution < 1.29 is 0 Å². The zero-order valence-corrected chi connectivity index (χ0v) is 19.6. The number of halogens is 1. The molecule has 1 N–H and O–H groups in total. The Labute approximate surface area is 187 Å². The molecule has 0 radical (unpaired) electrons. The molecule has 1 fully saturated rings. The first-order valence-electron chi connectivity index (χ1n) is 9.50. The summed E-state index contributed by atoms with van der Waals surface area (Å²) < 4.78 is 2.00. The number of rotatable bonds is 5. The molecule has 2 aromatic heterocycles. The molecule has 1 unspecified atom stereocenters. The van der Waals surface area contributed by atoms with E-state index in [1.165, 1.54) is 11.3 Å². The van der Waals surface area contributed by atoms with Crippen LogP contribution in [-0.2, 0) is 20.1 Å². The summed E-state index contributed by atoms with van der Waals surface area (Å²) in [6.07, 6.45) is 5.72. The lowest BCUT2D eigenvalue weighted by molar-refractivity contribution is 0.259. The lowest BCUT2D eigenvalue weighted by atomic mass is 10.2. The zero-order valence-electron chi connectivity index (χ0n) is 16.4. The van der Waals surface area contributed by atoms with Gasteiger partial charge in [0.05, 0.1) is 6.54 Å². The number of aromatic nitrogens is 3. The fraction of sp³-hybridized carbons (Fsp3) is 0.526. The molecule has 4 rings (SSSR count). The number of guanidine groups is 1. The van der Waals surface area contributed by atoms with E-state index < -0.39 is 0 Å². The largest absolute Gasteiger partial charge is 0.351 e. The third-order valence-corrected chi connectivity index (χ3v) is 6.26. The van der Waals surface area contributed by atoms with Gasteiger partial charge in [0.15, 0.2) is 11.8 Å². The highest BCUT2D eigenvalue weighted by molar-refractivity contribution is 14.0. The van der Waals surface area contributed by atoms with Crippen molar-refractivity contribution in [3.63, 3.8) is 0 Å². The van der Waals surface area contributed by atoms with Crippen LogP contribution >= 0.6 is 35.3 Å². The van der Waals surface area contributed by atoms with Crippen molar-refractivity contribution in [2.24, 2.45) is 12.0 Å². The van der Waals surface area contributed by atoms with Crippen LogP contribution in [0.25, 0.3) is 0 Å². The smallest absolute Gasteiger partial charge is 0.194 e. The fourth-order valence-corrected chi connectivity index (χ4v) is 4.25. The minimum Gasteiger partial charge on any atom is -0.351 e. The summed E-state index contributed by atoms with van der Waals surface area (Å²) in [5.41, 5.74) is 0. The standard InChI is InChI=1S/C19H27N7S.HI/c1-15-22-23-18(24(15)2)13-21-19(20-12-17-6-5-11-27-17)26-10-7-16(14-26)25-8-3-4-9-25;/h3-6,11,16H,7-10,12-14H2,1-2H3,(H,20,21);1H. The highest BCUT2D eigenvalue weighted by Crippen LogP contribution is 2.18. The van der Waals surface area contributed by atoms with Gasteiger partial charge in [-0.05, 0) is 24.8 Å². The Morgan fingerprint density at radius 3 is 2.82 bits per heavy atom. The lowest BCUT2D eigenvalue weighted by Gasteiger charge is -2.25. The lowest BCUT2D eigenvalue weighted by Crippen LogP contribution is -2.42. The molecule has 4 heterocycles. The van der Waals surface area contributed by atoms with E-state index in [4.69, 9.17) is 4.99 Å². The number of nitrogens with zero attached hydrogens (tertiary/aromatic N) is 6. The van der Waals surface area contributed by atoms with Crippen LogP contribution in [0.2, 0.25) is 0 Å². The summed E-state index contributed by atoms with van der Waals surface area (Å²) in [7, 11) is 1.99. The van der Waals surface area contributed by atoms with Crippen molar-refractivity contribution in [2.45, 2.75) is 32.5 Å². The molecule has 7 nitrogen and oxygen atoms in total. The Morgan fingerprint density at radius 1 is 1.32 bits per heavy atom. The number of hydrogen-bond donors (Lipinski definition) is 1. The topological polar surface area (TPSA) is 61.6 Å². The molecule has 0 amide bonds. The van der Waals surface area contributed by atoms with Gasteiger partial charge in [-0.25, -0.2) is 4.99 Å². The summed E-state index contributed by atoms with van der Waals surface area (Å²) in [5.74, 6) is 2.78. The Balaban J connectivity index is 0.00000225. The maximum Gasteiger partial charge on any atom is 0.194 e. The monoisotopic (exact) mass is 513 g/mol. The van der Waals surface area contributed by atoms with E-state index in [1.54, 1.807) is 11.3 Å². The number of aliphatic imine (C=N–C) groups is 1. The maximum absolute atomic E-state index is 4.89. The van der Waals surface area contributed by atoms with E-state index in [1.807, 2.05) is 18.5 Å². The summed E-state index contributed by atoms with van der Waals surface area (Å²) >= 11 is 1.77. The summed E-state index contributed by atoms with van der Waals surface area (Å²) in [4.78, 5) is 11.1. The van der Waals surface area contributed by atoms with Gasteiger partial charge < -0.3 is 14.8 Å². The fourth-order valence-electron chi connectivity index (χ4n) is 3.61. The molecule has 1 saturated heterocycles. The van der Waals surface area contributed by atoms with Gasteiger partial charge in [-0.1, -0.05) is 18.2 Å². The van der Waals surface area contributed by atoms with Gasteiger partial charge >= 0.3 is 0 Å². The molecule has 2 aromatic rings. The molecular formula is C19H28IN7S. The van der Waals surface area contributed by atoms with Gasteiger partial charge in [-0.3, -0.25) is 4.90 Å². The van der Waals surface area contributed by atoms with Gasteiger partial charge in [-0.15, -0.1) is 45.5 Å². The van der Waals surface area contributed by atoms with Crippen molar-refractivity contribution in [1.82, 2.24) is 29.9 Å². The van der Waals surface area contributed by atoms with Crippen LogP contribution in [0, 0.1) is 6.92 Å². The molecule has 9 heteroatoms. The van der Waals surface area contributed by atoms with Crippen molar-refractivity contribution in [3.05, 3.63) is 46.2 Å². The predicted molar refractivity (Wildman–Crippen MR) is 124 cm³/mol. The van der Waals surface area contributed by atoms with E-state index in [9.17, 15) is 0 Å². The van der Waals surface area contributed by atoms with Crippen LogP contribution in [0.15, 0.2) is 34.7 Å². The molecule has 0 spiro atoms. The molecule has 1 atom stereocenters. The summed E-state index contributed by atoms with van der Waals surface area (Å²) in [5, 5.41) is 14.1. The van der Waals surface area contributed by atoms with Crippen molar-refractivity contribution in [1.29, 1.82) is 0 Å². The van der Waals surface area contributed by atoms with E-state index in [2.05, 4.69) is 55.0 Å². The Bertz CT molecular complexity index is 806. The first kappa shape index (κ1) is 21.3. The molecule has 0 aromatic carbocycles. The minimum absolute atomic E-state index is 0. The third-order valence-electron chi connectivity index (χ3n) is 5.38. The Morgan fingerprint density at radius 2 is 2.14 bits per heavy atom. The van der Waals surface area contributed by atoms with Gasteiger partial charge in [0, 0.05) is 44.1 Å². The second-order valence-corrected chi connectivity index (χ2v) is 8.14. The average Bonchev–Trinajstić information content (AvgIpc) is 3.45. The van der Waals surface area contributed by atoms with Crippen molar-refractivity contribution in [3.8, 4) is 0 Å². The minimum atomic E-state index is 0. The first-order valence-corrected chi connectivity index (χ1v) is 10.4. The van der Waals surface area contributed by atoms with E-state index >= 15 is 0 Å². The summed E-state index contributed by atoms with van der Waals surface area (Å²) in [6, 6.07) is 4.85. The Kier molecular flexibility index (Phi) is 7.47. The number of thiophene rings is 1. The van der Waals surface area contributed by atoms with E-state index in [0.29, 0.717) is 12.6 Å². The number of aryl methyl sites for hydroxylation is 1. The van der Waals surface area contributed by atoms with Gasteiger partial charge in [0.2, 0.25) is 0 Å². The molecule has 28 heavy (non-hydrogen) atoms. The molecular weight excluding hydrogens is 485 g/mol. The first-order chi connectivity index (χ1) is 13.2. The van der Waals surface area contributed by atoms with Crippen LogP contribution in [-0.4, -0.2) is 62.7 Å². The number of nitrogens with one attached hydrogen (secondary N) is 1. The highest BCUT2D eigenvalue weighted by atomic mass is 127. The van der Waals surface area contributed by atoms with Crippen LogP contribution in [0.5, 0.6) is 0 Å². The van der Waals surface area contributed by atoms with Gasteiger partial charge in [0.1, 0.15) is 12.4 Å². The SMILES string of the molecule is Cc1nnc(CN=C(NCc2cccs2)N2CCC(N3CC=CC3)C2)n1C.I. The molecule has 0 aliphatic carbocycles. The molecule has 0 bridgehead atoms. The maximum atomic E-state index is 4.89. The number of likely N-dealkylation sites (tertiary alicyclic amines) is 1. The van der Waals surface area contributed by atoms with Crippen LogP contribution in [0.4, 0.5) is 0 Å². The second-order valence-electron chi connectivity index (χ2n) is 7.11. The predicted octanol–water partition coefficient (Wildman–Crippen LogP) is 2.39. The van der Waals surface area contributed by atoms with Crippen LogP contribution in [0.1, 0.15) is 22.9 Å². The molecule has 2 aliphatic rings. The van der Waals surface area contributed by atoms with Gasteiger partial charge in [0.25, 0.3) is 0 Å². The molecule has 0 saturated carbocycles. The second kappa shape index (κ2) is 9.84.